The van der Waals surface area contributed by atoms with Crippen molar-refractivity contribution in [1.82, 2.24) is 5.32 Å². The van der Waals surface area contributed by atoms with Gasteiger partial charge in [0, 0.05) is 24.0 Å². The summed E-state index contributed by atoms with van der Waals surface area (Å²) in [6.45, 7) is 2.61. The number of nitrogens with one attached hydrogen (secondary N) is 1. The van der Waals surface area contributed by atoms with Crippen molar-refractivity contribution in [2.45, 2.75) is 32.2 Å². The van der Waals surface area contributed by atoms with E-state index in [0.717, 1.165) is 23.4 Å². The summed E-state index contributed by atoms with van der Waals surface area (Å²) in [5, 5.41) is 3.59. The first-order chi connectivity index (χ1) is 8.11. The fourth-order valence-electron chi connectivity index (χ4n) is 1.45. The van der Waals surface area contributed by atoms with E-state index in [4.69, 9.17) is 17.3 Å². The molecule has 0 aliphatic rings. The number of carbonyl (C=O) groups excluding carboxylic acids is 1. The van der Waals surface area contributed by atoms with Crippen molar-refractivity contribution >= 4 is 17.5 Å². The average molecular weight is 255 g/mol. The second-order valence-corrected chi connectivity index (χ2v) is 4.54. The lowest BCUT2D eigenvalue weighted by Gasteiger charge is -2.09. The van der Waals surface area contributed by atoms with E-state index in [1.54, 1.807) is 0 Å². The predicted octanol–water partition coefficient (Wildman–Crippen LogP) is 2.13. The van der Waals surface area contributed by atoms with E-state index in [1.165, 1.54) is 0 Å². The maximum absolute atomic E-state index is 11.4. The van der Waals surface area contributed by atoms with Crippen LogP contribution in [0.25, 0.3) is 0 Å². The Hall–Kier alpha value is -1.06. The lowest BCUT2D eigenvalue weighted by molar-refractivity contribution is -0.121. The third-order valence-electron chi connectivity index (χ3n) is 2.62. The van der Waals surface area contributed by atoms with Crippen LogP contribution in [0.2, 0.25) is 5.02 Å². The van der Waals surface area contributed by atoms with Gasteiger partial charge in [-0.2, -0.15) is 0 Å². The second kappa shape index (κ2) is 7.30. The van der Waals surface area contributed by atoms with Gasteiger partial charge in [0.15, 0.2) is 0 Å². The Kier molecular flexibility index (Phi) is 6.01. The van der Waals surface area contributed by atoms with Crippen LogP contribution in [0.1, 0.15) is 25.3 Å². The van der Waals surface area contributed by atoms with Gasteiger partial charge in [-0.15, -0.1) is 0 Å². The van der Waals surface area contributed by atoms with E-state index >= 15 is 0 Å². The van der Waals surface area contributed by atoms with Crippen LogP contribution in [0.3, 0.4) is 0 Å². The van der Waals surface area contributed by atoms with Crippen molar-refractivity contribution in [3.8, 4) is 0 Å². The van der Waals surface area contributed by atoms with Crippen LogP contribution in [0.5, 0.6) is 0 Å². The molecule has 0 bridgehead atoms. The minimum absolute atomic E-state index is 0.0216. The van der Waals surface area contributed by atoms with Crippen LogP contribution in [0.15, 0.2) is 24.3 Å². The lowest BCUT2D eigenvalue weighted by atomic mass is 10.1. The molecular weight excluding hydrogens is 236 g/mol. The molecule has 0 saturated carbocycles. The van der Waals surface area contributed by atoms with E-state index in [2.05, 4.69) is 5.32 Å². The van der Waals surface area contributed by atoms with Gasteiger partial charge in [-0.1, -0.05) is 30.7 Å². The summed E-state index contributed by atoms with van der Waals surface area (Å²) in [7, 11) is 0. The molecule has 1 unspecified atom stereocenters. The molecule has 0 saturated heterocycles. The maximum atomic E-state index is 11.4. The van der Waals surface area contributed by atoms with E-state index in [0.29, 0.717) is 13.0 Å². The van der Waals surface area contributed by atoms with Crippen molar-refractivity contribution < 1.29 is 4.79 Å². The highest BCUT2D eigenvalue weighted by atomic mass is 35.5. The van der Waals surface area contributed by atoms with Gasteiger partial charge >= 0.3 is 0 Å². The van der Waals surface area contributed by atoms with Crippen molar-refractivity contribution in [2.24, 2.45) is 5.73 Å². The normalized spacial score (nSPS) is 12.2. The summed E-state index contributed by atoms with van der Waals surface area (Å²) in [4.78, 5) is 11.4. The lowest BCUT2D eigenvalue weighted by Crippen LogP contribution is -2.32. The minimum Gasteiger partial charge on any atom is -0.356 e. The zero-order valence-corrected chi connectivity index (χ0v) is 10.8. The maximum Gasteiger partial charge on any atom is 0.221 e. The summed E-state index contributed by atoms with van der Waals surface area (Å²) in [6.07, 6.45) is 2.03. The fourth-order valence-corrected chi connectivity index (χ4v) is 1.58. The van der Waals surface area contributed by atoms with E-state index in [9.17, 15) is 4.79 Å². The molecule has 17 heavy (non-hydrogen) atoms. The Labute approximate surface area is 107 Å². The van der Waals surface area contributed by atoms with Crippen LogP contribution in [0.4, 0.5) is 0 Å². The molecule has 1 aromatic rings. The first-order valence-electron chi connectivity index (χ1n) is 5.88. The third kappa shape index (κ3) is 5.71. The molecule has 0 aliphatic carbocycles. The first-order valence-corrected chi connectivity index (χ1v) is 6.26. The van der Waals surface area contributed by atoms with Gasteiger partial charge in [-0.25, -0.2) is 0 Å². The third-order valence-corrected chi connectivity index (χ3v) is 2.87. The van der Waals surface area contributed by atoms with Crippen molar-refractivity contribution in [1.29, 1.82) is 0 Å². The van der Waals surface area contributed by atoms with Gasteiger partial charge < -0.3 is 11.1 Å². The first kappa shape index (κ1) is 14.0. The number of nitrogens with two attached hydrogens (primary N) is 1. The molecule has 0 radical (unpaired) electrons. The molecule has 0 aliphatic heterocycles. The number of amides is 1. The average Bonchev–Trinajstić information content (AvgIpc) is 2.31. The molecular formula is C13H19ClN2O. The van der Waals surface area contributed by atoms with Crippen molar-refractivity contribution in [2.75, 3.05) is 6.54 Å². The number of carbonyl (C=O) groups is 1. The highest BCUT2D eigenvalue weighted by Gasteiger charge is 2.06. The van der Waals surface area contributed by atoms with Crippen molar-refractivity contribution in [3.63, 3.8) is 0 Å². The zero-order chi connectivity index (χ0) is 12.7. The Morgan fingerprint density at radius 1 is 1.41 bits per heavy atom. The zero-order valence-electron chi connectivity index (χ0n) is 10.1. The van der Waals surface area contributed by atoms with Gasteiger partial charge in [0.25, 0.3) is 0 Å². The summed E-state index contributed by atoms with van der Waals surface area (Å²) >= 11 is 5.79. The molecule has 0 spiro atoms. The molecule has 1 atom stereocenters. The van der Waals surface area contributed by atoms with Gasteiger partial charge in [0.2, 0.25) is 5.91 Å². The standard InChI is InChI=1S/C13H19ClN2O/c1-2-12(15)9-13(17)16-8-7-10-3-5-11(14)6-4-10/h3-6,12H,2,7-9,15H2,1H3,(H,16,17). The highest BCUT2D eigenvalue weighted by molar-refractivity contribution is 6.30. The molecule has 4 heteroatoms. The largest absolute Gasteiger partial charge is 0.356 e. The predicted molar refractivity (Wildman–Crippen MR) is 71.0 cm³/mol. The minimum atomic E-state index is -0.0365. The number of halogens is 1. The summed E-state index contributed by atoms with van der Waals surface area (Å²) < 4.78 is 0. The Morgan fingerprint density at radius 3 is 2.65 bits per heavy atom. The smallest absolute Gasteiger partial charge is 0.221 e. The Bertz CT molecular complexity index is 351. The molecule has 0 fully saturated rings. The molecule has 1 aromatic carbocycles. The fraction of sp³-hybridized carbons (Fsp3) is 0.462. The van der Waals surface area contributed by atoms with Crippen LogP contribution in [0, 0.1) is 0 Å². The van der Waals surface area contributed by atoms with Crippen molar-refractivity contribution in [3.05, 3.63) is 34.9 Å². The molecule has 1 amide bonds. The Balaban J connectivity index is 2.23. The van der Waals surface area contributed by atoms with Crippen LogP contribution < -0.4 is 11.1 Å². The molecule has 94 valence electrons. The monoisotopic (exact) mass is 254 g/mol. The van der Waals surface area contributed by atoms with E-state index < -0.39 is 0 Å². The number of hydrogen-bond donors (Lipinski definition) is 2. The van der Waals surface area contributed by atoms with E-state index in [1.807, 2.05) is 31.2 Å². The van der Waals surface area contributed by atoms with Gasteiger partial charge in [0.1, 0.15) is 0 Å². The van der Waals surface area contributed by atoms with Crippen LogP contribution in [-0.4, -0.2) is 18.5 Å². The summed E-state index contributed by atoms with van der Waals surface area (Å²) in [6, 6.07) is 7.60. The van der Waals surface area contributed by atoms with Crippen LogP contribution in [-0.2, 0) is 11.2 Å². The SMILES string of the molecule is CCC(N)CC(=O)NCCc1ccc(Cl)cc1. The molecule has 0 heterocycles. The summed E-state index contributed by atoms with van der Waals surface area (Å²) in [5.41, 5.74) is 6.86. The second-order valence-electron chi connectivity index (χ2n) is 4.10. The van der Waals surface area contributed by atoms with E-state index in [-0.39, 0.29) is 11.9 Å². The molecule has 1 rings (SSSR count). The Morgan fingerprint density at radius 2 is 2.06 bits per heavy atom. The molecule has 0 aromatic heterocycles. The van der Waals surface area contributed by atoms with Crippen LogP contribution >= 0.6 is 11.6 Å². The number of rotatable bonds is 6. The number of benzene rings is 1. The van der Waals surface area contributed by atoms with Gasteiger partial charge in [-0.05, 0) is 30.5 Å². The molecule has 3 N–H and O–H groups in total. The van der Waals surface area contributed by atoms with Gasteiger partial charge in [0.05, 0.1) is 0 Å². The quantitative estimate of drug-likeness (QED) is 0.817. The number of hydrogen-bond acceptors (Lipinski definition) is 2. The van der Waals surface area contributed by atoms with Gasteiger partial charge in [-0.3, -0.25) is 4.79 Å². The topological polar surface area (TPSA) is 55.1 Å². The highest BCUT2D eigenvalue weighted by Crippen LogP contribution is 2.09. The molecule has 3 nitrogen and oxygen atoms in total. The summed E-state index contributed by atoms with van der Waals surface area (Å²) in [5.74, 6) is 0.0216.